The van der Waals surface area contributed by atoms with Crippen LogP contribution in [0.2, 0.25) is 0 Å². The number of nitrogens with one attached hydrogen (secondary N) is 1. The highest BCUT2D eigenvalue weighted by Gasteiger charge is 2.13. The molecule has 4 nitrogen and oxygen atoms in total. The van der Waals surface area contributed by atoms with E-state index < -0.39 is 17.5 Å². The summed E-state index contributed by atoms with van der Waals surface area (Å²) in [6.07, 6.45) is 2.62. The Kier molecular flexibility index (Phi) is 6.21. The highest BCUT2D eigenvalue weighted by Crippen LogP contribution is 2.16. The monoisotopic (exact) mass is 272 g/mol. The molecule has 3 N–H and O–H groups in total. The van der Waals surface area contributed by atoms with Crippen LogP contribution in [-0.4, -0.2) is 26.2 Å². The number of halogens is 2. The van der Waals surface area contributed by atoms with Gasteiger partial charge < -0.3 is 15.8 Å². The van der Waals surface area contributed by atoms with Gasteiger partial charge in [0.05, 0.1) is 5.56 Å². The number of nitrogen functional groups attached to an aromatic ring is 1. The molecule has 0 heterocycles. The maximum atomic E-state index is 13.0. The van der Waals surface area contributed by atoms with E-state index in [1.807, 2.05) is 0 Å². The maximum absolute atomic E-state index is 13.0. The second kappa shape index (κ2) is 7.68. The number of nitrogens with two attached hydrogens (primary N) is 1. The molecular weight excluding hydrogens is 254 g/mol. The van der Waals surface area contributed by atoms with Gasteiger partial charge in [-0.2, -0.15) is 0 Å². The number of carbonyl (C=O) groups excluding carboxylic acids is 1. The van der Waals surface area contributed by atoms with Crippen molar-refractivity contribution in [2.45, 2.75) is 19.3 Å². The molecule has 0 fully saturated rings. The molecular formula is C13H18F2N2O2. The number of carbonyl (C=O) groups is 1. The molecule has 1 amide bonds. The average molecular weight is 272 g/mol. The van der Waals surface area contributed by atoms with Crippen molar-refractivity contribution in [3.63, 3.8) is 0 Å². The summed E-state index contributed by atoms with van der Waals surface area (Å²) in [4.78, 5) is 11.7. The van der Waals surface area contributed by atoms with E-state index in [1.165, 1.54) is 0 Å². The molecule has 0 radical (unpaired) electrons. The van der Waals surface area contributed by atoms with E-state index in [9.17, 15) is 13.6 Å². The number of unbranched alkanes of at least 4 members (excludes halogenated alkanes) is 2. The second-order valence-electron chi connectivity index (χ2n) is 4.16. The zero-order valence-corrected chi connectivity index (χ0v) is 10.8. The molecule has 0 aliphatic carbocycles. The van der Waals surface area contributed by atoms with Gasteiger partial charge in [-0.25, -0.2) is 8.78 Å². The van der Waals surface area contributed by atoms with Gasteiger partial charge in [0.25, 0.3) is 5.91 Å². The topological polar surface area (TPSA) is 64.3 Å². The summed E-state index contributed by atoms with van der Waals surface area (Å²) in [5.74, 6) is -2.64. The number of rotatable bonds is 7. The molecule has 0 spiro atoms. The van der Waals surface area contributed by atoms with Crippen LogP contribution in [0.4, 0.5) is 14.5 Å². The first-order chi connectivity index (χ1) is 9.06. The molecule has 0 atom stereocenters. The van der Waals surface area contributed by atoms with Crippen molar-refractivity contribution >= 4 is 11.6 Å². The minimum atomic E-state index is -1.08. The third-order valence-corrected chi connectivity index (χ3v) is 2.65. The number of methoxy groups -OCH3 is 1. The van der Waals surface area contributed by atoms with Crippen LogP contribution in [0.3, 0.4) is 0 Å². The molecule has 0 aliphatic heterocycles. The van der Waals surface area contributed by atoms with E-state index >= 15 is 0 Å². The molecule has 0 bridgehead atoms. The standard InChI is InChI=1S/C13H18F2N2O2/c1-19-6-4-2-3-5-17-13(18)9-7-10(14)11(15)8-12(9)16/h7-8H,2-6,16H2,1H3,(H,17,18). The van der Waals surface area contributed by atoms with Crippen LogP contribution in [0.15, 0.2) is 12.1 Å². The minimum Gasteiger partial charge on any atom is -0.398 e. The number of anilines is 1. The highest BCUT2D eigenvalue weighted by molar-refractivity contribution is 5.99. The Bertz CT molecular complexity index is 439. The Morgan fingerprint density at radius 1 is 1.26 bits per heavy atom. The first-order valence-electron chi connectivity index (χ1n) is 6.08. The third kappa shape index (κ3) is 4.82. The van der Waals surface area contributed by atoms with Crippen LogP contribution in [-0.2, 0) is 4.74 Å². The van der Waals surface area contributed by atoms with Crippen LogP contribution in [0.5, 0.6) is 0 Å². The van der Waals surface area contributed by atoms with Crippen molar-refractivity contribution in [3.05, 3.63) is 29.3 Å². The number of ether oxygens (including phenoxy) is 1. The Morgan fingerprint density at radius 2 is 1.95 bits per heavy atom. The summed E-state index contributed by atoms with van der Waals surface area (Å²) < 4.78 is 30.8. The zero-order valence-electron chi connectivity index (χ0n) is 10.8. The summed E-state index contributed by atoms with van der Waals surface area (Å²) in [6, 6.07) is 1.62. The summed E-state index contributed by atoms with van der Waals surface area (Å²) in [6.45, 7) is 1.14. The predicted molar refractivity (Wildman–Crippen MR) is 68.8 cm³/mol. The lowest BCUT2D eigenvalue weighted by Crippen LogP contribution is -2.25. The van der Waals surface area contributed by atoms with Crippen molar-refractivity contribution in [1.29, 1.82) is 0 Å². The van der Waals surface area contributed by atoms with Crippen molar-refractivity contribution in [3.8, 4) is 0 Å². The molecule has 19 heavy (non-hydrogen) atoms. The lowest BCUT2D eigenvalue weighted by molar-refractivity contribution is 0.0953. The van der Waals surface area contributed by atoms with Crippen LogP contribution < -0.4 is 11.1 Å². The smallest absolute Gasteiger partial charge is 0.253 e. The number of hydrogen-bond acceptors (Lipinski definition) is 3. The number of benzene rings is 1. The van der Waals surface area contributed by atoms with Crippen molar-refractivity contribution in [2.75, 3.05) is 26.0 Å². The lowest BCUT2D eigenvalue weighted by Gasteiger charge is -2.08. The predicted octanol–water partition coefficient (Wildman–Crippen LogP) is 2.09. The zero-order chi connectivity index (χ0) is 14.3. The molecule has 1 aromatic rings. The van der Waals surface area contributed by atoms with Crippen molar-refractivity contribution < 1.29 is 18.3 Å². The minimum absolute atomic E-state index is 0.0456. The summed E-state index contributed by atoms with van der Waals surface area (Å²) >= 11 is 0. The lowest BCUT2D eigenvalue weighted by atomic mass is 10.1. The van der Waals surface area contributed by atoms with E-state index in [0.717, 1.165) is 31.4 Å². The summed E-state index contributed by atoms with van der Waals surface area (Å²) in [7, 11) is 1.63. The van der Waals surface area contributed by atoms with Gasteiger partial charge in [-0.05, 0) is 25.3 Å². The fourth-order valence-corrected chi connectivity index (χ4v) is 1.60. The number of hydrogen-bond donors (Lipinski definition) is 2. The third-order valence-electron chi connectivity index (χ3n) is 2.65. The van der Waals surface area contributed by atoms with Gasteiger partial charge >= 0.3 is 0 Å². The molecule has 106 valence electrons. The molecule has 1 rings (SSSR count). The SMILES string of the molecule is COCCCCCNC(=O)c1cc(F)c(F)cc1N. The normalized spacial score (nSPS) is 10.5. The molecule has 1 aromatic carbocycles. The van der Waals surface area contributed by atoms with E-state index in [1.54, 1.807) is 7.11 Å². The van der Waals surface area contributed by atoms with Crippen molar-refractivity contribution in [2.24, 2.45) is 0 Å². The fraction of sp³-hybridized carbons (Fsp3) is 0.462. The van der Waals surface area contributed by atoms with Gasteiger partial charge in [0.15, 0.2) is 11.6 Å². The van der Waals surface area contributed by atoms with Crippen molar-refractivity contribution in [1.82, 2.24) is 5.32 Å². The first-order valence-corrected chi connectivity index (χ1v) is 6.08. The Balaban J connectivity index is 2.43. The van der Waals surface area contributed by atoms with Gasteiger partial charge in [-0.1, -0.05) is 0 Å². The molecule has 0 aromatic heterocycles. The first kappa shape index (κ1) is 15.4. The Labute approximate surface area is 110 Å². The molecule has 0 saturated heterocycles. The second-order valence-corrected chi connectivity index (χ2v) is 4.16. The molecule has 0 unspecified atom stereocenters. The van der Waals surface area contributed by atoms with Crippen LogP contribution >= 0.6 is 0 Å². The molecule has 0 aliphatic rings. The maximum Gasteiger partial charge on any atom is 0.253 e. The van der Waals surface area contributed by atoms with E-state index in [4.69, 9.17) is 10.5 Å². The van der Waals surface area contributed by atoms with Gasteiger partial charge in [-0.15, -0.1) is 0 Å². The van der Waals surface area contributed by atoms with Crippen LogP contribution in [0, 0.1) is 11.6 Å². The quantitative estimate of drug-likeness (QED) is 0.590. The van der Waals surface area contributed by atoms with Gasteiger partial charge in [0.1, 0.15) is 0 Å². The van der Waals surface area contributed by atoms with E-state index in [0.29, 0.717) is 13.2 Å². The van der Waals surface area contributed by atoms with Crippen LogP contribution in [0.25, 0.3) is 0 Å². The highest BCUT2D eigenvalue weighted by atomic mass is 19.2. The Hall–Kier alpha value is -1.69. The number of amides is 1. The molecule has 6 heteroatoms. The fourth-order valence-electron chi connectivity index (χ4n) is 1.60. The largest absolute Gasteiger partial charge is 0.398 e. The van der Waals surface area contributed by atoms with E-state index in [-0.39, 0.29) is 11.3 Å². The summed E-state index contributed by atoms with van der Waals surface area (Å²) in [5, 5.41) is 2.61. The Morgan fingerprint density at radius 3 is 2.63 bits per heavy atom. The summed E-state index contributed by atoms with van der Waals surface area (Å²) in [5.41, 5.74) is 5.36. The van der Waals surface area contributed by atoms with Crippen LogP contribution in [0.1, 0.15) is 29.6 Å². The van der Waals surface area contributed by atoms with Gasteiger partial charge in [0, 0.05) is 32.0 Å². The average Bonchev–Trinajstić information content (AvgIpc) is 2.37. The van der Waals surface area contributed by atoms with E-state index in [2.05, 4.69) is 5.32 Å². The van der Waals surface area contributed by atoms with Gasteiger partial charge in [-0.3, -0.25) is 4.79 Å². The van der Waals surface area contributed by atoms with Gasteiger partial charge in [0.2, 0.25) is 0 Å². The molecule has 0 saturated carbocycles.